The molecule has 0 radical (unpaired) electrons. The number of amides is 2. The van der Waals surface area contributed by atoms with Crippen LogP contribution >= 0.6 is 0 Å². The Bertz CT molecular complexity index is 2040. The first-order valence-corrected chi connectivity index (χ1v) is 22.1. The van der Waals surface area contributed by atoms with Gasteiger partial charge in [0.2, 0.25) is 0 Å². The molecule has 0 unspecified atom stereocenters. The van der Waals surface area contributed by atoms with Crippen molar-refractivity contribution < 1.29 is 108 Å². The maximum absolute atomic E-state index is 15.0. The second-order valence-electron chi connectivity index (χ2n) is 15.9. The fraction of sp³-hybridized carbons (Fsp3) is 0.561. The molecule has 386 valence electrons. The van der Waals surface area contributed by atoms with Crippen LogP contribution in [0.5, 0.6) is 11.5 Å². The number of benzene rings is 2. The van der Waals surface area contributed by atoms with Gasteiger partial charge in [-0.05, 0) is 71.6 Å². The van der Waals surface area contributed by atoms with Crippen molar-refractivity contribution in [3.8, 4) is 11.5 Å². The zero-order chi connectivity index (χ0) is 52.7. The lowest BCUT2D eigenvalue weighted by Gasteiger charge is -2.44. The molecule has 3 N–H and O–H groups in total. The van der Waals surface area contributed by atoms with Gasteiger partial charge in [0.1, 0.15) is 24.2 Å². The van der Waals surface area contributed by atoms with Gasteiger partial charge < -0.3 is 18.6 Å². The molecule has 0 spiro atoms. The largest absolute Gasteiger partial charge is 0.497 e. The number of hydrogen-bond donors (Lipinski definition) is 3. The minimum absolute atomic E-state index is 0.0989. The molecule has 0 aromatic heterocycles. The predicted octanol–water partition coefficient (Wildman–Crippen LogP) is 13.2. The Morgan fingerprint density at radius 2 is 1.15 bits per heavy atom. The Morgan fingerprint density at radius 3 is 1.60 bits per heavy atom. The van der Waals surface area contributed by atoms with Crippen LogP contribution in [-0.2, 0) is 14.0 Å². The Morgan fingerprint density at radius 1 is 0.676 bits per heavy atom. The van der Waals surface area contributed by atoms with E-state index in [4.69, 9.17) is 23.8 Å². The van der Waals surface area contributed by atoms with E-state index in [0.29, 0.717) is 22.6 Å². The van der Waals surface area contributed by atoms with Crippen LogP contribution in [0.4, 0.5) is 85.1 Å². The Hall–Kier alpha value is -4.79. The van der Waals surface area contributed by atoms with E-state index in [1.54, 1.807) is 32.1 Å². The molecule has 0 bridgehead atoms. The third-order valence-corrected chi connectivity index (χ3v) is 16.4. The van der Waals surface area contributed by atoms with E-state index in [-0.39, 0.29) is 5.75 Å². The van der Waals surface area contributed by atoms with E-state index in [2.05, 4.69) is 5.32 Å². The molecular weight excluding hydrogens is 984 g/mol. The summed E-state index contributed by atoms with van der Waals surface area (Å²) >= 11 is 0. The lowest BCUT2D eigenvalue weighted by molar-refractivity contribution is -0.461. The summed E-state index contributed by atoms with van der Waals surface area (Å²) in [5.41, 5.74) is 0.758. The average Bonchev–Trinajstić information content (AvgIpc) is 3.23. The van der Waals surface area contributed by atoms with Gasteiger partial charge in [-0.25, -0.2) is 10.3 Å². The summed E-state index contributed by atoms with van der Waals surface area (Å²) in [6.45, 7) is 7.45. The van der Waals surface area contributed by atoms with E-state index < -0.39 is 117 Å². The molecule has 2 aromatic carbocycles. The van der Waals surface area contributed by atoms with Crippen LogP contribution < -0.4 is 20.3 Å². The van der Waals surface area contributed by atoms with Gasteiger partial charge >= 0.3 is 53.7 Å². The first-order valence-electron chi connectivity index (χ1n) is 19.9. The van der Waals surface area contributed by atoms with Crippen molar-refractivity contribution in [1.29, 1.82) is 0 Å². The monoisotopic (exact) mass is 1030 g/mol. The quantitative estimate of drug-likeness (QED) is 0.0182. The third kappa shape index (κ3) is 12.3. The molecule has 0 saturated carbocycles. The highest BCUT2D eigenvalue weighted by molar-refractivity contribution is 6.76. The number of rotatable bonds is 24. The third-order valence-electron chi connectivity index (χ3n) is 10.7. The van der Waals surface area contributed by atoms with Gasteiger partial charge in [-0.3, -0.25) is 15.3 Å². The number of allylic oxidation sites excluding steroid dienone is 2. The van der Waals surface area contributed by atoms with Crippen LogP contribution in [0.1, 0.15) is 59.6 Å². The van der Waals surface area contributed by atoms with Crippen molar-refractivity contribution in [2.24, 2.45) is 5.92 Å². The van der Waals surface area contributed by atoms with Gasteiger partial charge in [0.25, 0.3) is 5.91 Å². The minimum Gasteiger partial charge on any atom is -0.497 e. The highest BCUT2D eigenvalue weighted by Crippen LogP contribution is 2.64. The molecule has 68 heavy (non-hydrogen) atoms. The number of alkyl halides is 17. The number of hydrogen-bond acceptors (Lipinski definition) is 7. The maximum Gasteiger partial charge on any atom is 0.460 e. The Kier molecular flexibility index (Phi) is 19.1. The SMILES string of the molecule is COc1ccc(NC(=O)O[C@@H](c2ccc(OCCO[Si](CCC(F)(F)C(F)(F)C(F)(F)C(F)(F)C(F)(F)C(F)(F)C(F)(F)C(F)(F)F)(C(C)C)C(C)C)cc2)[C@@H](C)/C=C/C(C)=C/C(=O)NO)cc1. The standard InChI is InChI=1S/C41H47F17N2O7Si/c1-23(2)68(24(3)4,21-18-34(42,43)35(44,45)36(46,47)37(48,49)38(50,51)39(52,53)40(54,55)41(56,57)58)66-20-19-65-30-14-10-27(11-15-30)32(26(6)9-8-25(5)22-31(61)60-63)67-33(62)59-28-12-16-29(64-7)17-13-28/h8-17,22-24,26,32,63H,18-21H2,1-7H3,(H,59,62)(H,60,61)/b9-8+,25-22+/t26-,32+/m0/s1. The number of ether oxygens (including phenoxy) is 3. The second-order valence-corrected chi connectivity index (χ2v) is 20.9. The normalized spacial score (nSPS) is 15.1. The van der Waals surface area contributed by atoms with Crippen molar-refractivity contribution in [2.45, 2.75) is 119 Å². The fourth-order valence-electron chi connectivity index (χ4n) is 6.61. The first kappa shape index (κ1) is 59.3. The van der Waals surface area contributed by atoms with Crippen LogP contribution in [-0.4, -0.2) is 93.5 Å². The number of carbonyl (C=O) groups excluding carboxylic acids is 2. The lowest BCUT2D eigenvalue weighted by atomic mass is 9.88. The molecule has 27 heteroatoms. The first-order chi connectivity index (χ1) is 30.8. The molecule has 0 saturated heterocycles. The number of hydroxylamine groups is 1. The predicted molar refractivity (Wildman–Crippen MR) is 212 cm³/mol. The summed E-state index contributed by atoms with van der Waals surface area (Å²) in [7, 11) is -2.59. The van der Waals surface area contributed by atoms with E-state index in [0.717, 1.165) is 6.08 Å². The van der Waals surface area contributed by atoms with Crippen molar-refractivity contribution in [2.75, 3.05) is 25.6 Å². The van der Waals surface area contributed by atoms with Crippen LogP contribution in [0.2, 0.25) is 17.1 Å². The number of nitrogens with one attached hydrogen (secondary N) is 2. The molecule has 2 amide bonds. The molecule has 0 aliphatic rings. The molecular formula is C41H47F17N2O7Si. The van der Waals surface area contributed by atoms with E-state index in [1.807, 2.05) is 0 Å². The van der Waals surface area contributed by atoms with Crippen LogP contribution in [0.15, 0.2) is 72.3 Å². The summed E-state index contributed by atoms with van der Waals surface area (Å²) in [4.78, 5) is 24.5. The van der Waals surface area contributed by atoms with Crippen LogP contribution in [0.3, 0.4) is 0 Å². The number of anilines is 1. The smallest absolute Gasteiger partial charge is 0.460 e. The van der Waals surface area contributed by atoms with E-state index in [9.17, 15) is 75.4 Å². The zero-order valence-corrected chi connectivity index (χ0v) is 37.8. The van der Waals surface area contributed by atoms with Crippen molar-refractivity contribution in [1.82, 2.24) is 5.48 Å². The van der Waals surface area contributed by atoms with Crippen LogP contribution in [0, 0.1) is 5.92 Å². The fourth-order valence-corrected chi connectivity index (χ4v) is 11.1. The van der Waals surface area contributed by atoms with Gasteiger partial charge in [-0.1, -0.05) is 58.9 Å². The Labute approximate surface area is 379 Å². The second kappa shape index (κ2) is 21.9. The number of carbonyl (C=O) groups is 2. The number of halogens is 17. The zero-order valence-electron chi connectivity index (χ0n) is 36.8. The molecule has 2 atom stereocenters. The summed E-state index contributed by atoms with van der Waals surface area (Å²) in [5, 5.41) is 11.3. The summed E-state index contributed by atoms with van der Waals surface area (Å²) in [6, 6.07) is 10.6. The van der Waals surface area contributed by atoms with Crippen molar-refractivity contribution in [3.05, 3.63) is 77.9 Å². The highest BCUT2D eigenvalue weighted by atomic mass is 28.4. The molecule has 0 aliphatic heterocycles. The van der Waals surface area contributed by atoms with E-state index >= 15 is 8.78 Å². The van der Waals surface area contributed by atoms with Gasteiger partial charge in [-0.2, -0.15) is 74.6 Å². The minimum atomic E-state index is -8.71. The Balaban J connectivity index is 2.33. The summed E-state index contributed by atoms with van der Waals surface area (Å²) in [5.74, 6) is -57.7. The molecule has 0 fully saturated rings. The van der Waals surface area contributed by atoms with E-state index in [1.165, 1.54) is 82.8 Å². The van der Waals surface area contributed by atoms with Gasteiger partial charge in [0.15, 0.2) is 8.32 Å². The maximum atomic E-state index is 15.0. The summed E-state index contributed by atoms with van der Waals surface area (Å²) < 4.78 is 258. The topological polar surface area (TPSA) is 115 Å². The lowest BCUT2D eigenvalue weighted by Crippen LogP contribution is -2.74. The molecule has 2 aromatic rings. The van der Waals surface area contributed by atoms with Crippen molar-refractivity contribution >= 4 is 26.0 Å². The van der Waals surface area contributed by atoms with Gasteiger partial charge in [0, 0.05) is 24.1 Å². The molecule has 0 aliphatic carbocycles. The molecule has 0 heterocycles. The average molecular weight is 1030 g/mol. The van der Waals surface area contributed by atoms with Gasteiger partial charge in [-0.15, -0.1) is 0 Å². The highest BCUT2D eigenvalue weighted by Gasteiger charge is 2.95. The molecule has 2 rings (SSSR count). The number of methoxy groups -OCH3 is 1. The van der Waals surface area contributed by atoms with Gasteiger partial charge in [0.05, 0.1) is 13.7 Å². The van der Waals surface area contributed by atoms with Crippen LogP contribution in [0.25, 0.3) is 0 Å². The molecule has 9 nitrogen and oxygen atoms in total. The summed E-state index contributed by atoms with van der Waals surface area (Å²) in [6.07, 6.45) is -8.15. The van der Waals surface area contributed by atoms with Crippen molar-refractivity contribution in [3.63, 3.8) is 0 Å².